The summed E-state index contributed by atoms with van der Waals surface area (Å²) in [4.78, 5) is 12.2. The Morgan fingerprint density at radius 2 is 1.83 bits per heavy atom. The van der Waals surface area contributed by atoms with Gasteiger partial charge in [-0.1, -0.05) is 39.0 Å². The Bertz CT molecular complexity index is 736. The van der Waals surface area contributed by atoms with Crippen molar-refractivity contribution in [2.45, 2.75) is 45.4 Å². The number of aryl methyl sites for hydroxylation is 1. The van der Waals surface area contributed by atoms with Crippen molar-refractivity contribution in [3.63, 3.8) is 0 Å². The fraction of sp³-hybridized carbons (Fsp3) is 0.526. The van der Waals surface area contributed by atoms with Gasteiger partial charge in [0.05, 0.1) is 19.2 Å². The van der Waals surface area contributed by atoms with Crippen molar-refractivity contribution >= 4 is 10.9 Å². The van der Waals surface area contributed by atoms with Gasteiger partial charge in [0.15, 0.2) is 5.75 Å². The van der Waals surface area contributed by atoms with Gasteiger partial charge in [-0.2, -0.15) is 0 Å². The Hall–Kier alpha value is -2.17. The second-order valence-electron chi connectivity index (χ2n) is 6.04. The summed E-state index contributed by atoms with van der Waals surface area (Å²) >= 11 is 0. The van der Waals surface area contributed by atoms with Gasteiger partial charge in [-0.15, -0.1) is 0 Å². The van der Waals surface area contributed by atoms with E-state index in [2.05, 4.69) is 6.92 Å². The fourth-order valence-electron chi connectivity index (χ4n) is 2.82. The van der Waals surface area contributed by atoms with Gasteiger partial charge in [0, 0.05) is 18.5 Å². The lowest BCUT2D eigenvalue weighted by Crippen LogP contribution is -2.18. The van der Waals surface area contributed by atoms with Crippen molar-refractivity contribution in [1.82, 2.24) is 4.57 Å². The Morgan fingerprint density at radius 1 is 1.12 bits per heavy atom. The molecule has 0 unspecified atom stereocenters. The van der Waals surface area contributed by atoms with Crippen molar-refractivity contribution in [2.75, 3.05) is 13.7 Å². The number of aromatic nitrogens is 1. The largest absolute Gasteiger partial charge is 0.504 e. The number of methoxy groups -OCH3 is 1. The molecule has 0 amide bonds. The van der Waals surface area contributed by atoms with E-state index in [9.17, 15) is 9.90 Å². The van der Waals surface area contributed by atoms with Crippen LogP contribution in [0.25, 0.3) is 10.9 Å². The minimum atomic E-state index is -0.365. The van der Waals surface area contributed by atoms with Crippen LogP contribution < -0.4 is 15.0 Å². The first-order valence-electron chi connectivity index (χ1n) is 8.62. The van der Waals surface area contributed by atoms with Crippen LogP contribution in [0, 0.1) is 0 Å². The van der Waals surface area contributed by atoms with Gasteiger partial charge in [-0.25, -0.2) is 0 Å². The number of hydrogen-bond acceptors (Lipinski definition) is 4. The Balaban J connectivity index is 2.06. The molecule has 1 aromatic heterocycles. The highest BCUT2D eigenvalue weighted by Gasteiger charge is 2.15. The van der Waals surface area contributed by atoms with Crippen LogP contribution in [-0.2, 0) is 7.05 Å². The van der Waals surface area contributed by atoms with Gasteiger partial charge in [-0.05, 0) is 18.6 Å². The van der Waals surface area contributed by atoms with Crippen LogP contribution in [0.4, 0.5) is 0 Å². The van der Waals surface area contributed by atoms with Gasteiger partial charge in [-0.3, -0.25) is 4.79 Å². The number of pyridine rings is 1. The van der Waals surface area contributed by atoms with Gasteiger partial charge < -0.3 is 19.1 Å². The van der Waals surface area contributed by atoms with Crippen LogP contribution in [0.1, 0.15) is 45.4 Å². The summed E-state index contributed by atoms with van der Waals surface area (Å²) < 4.78 is 12.2. The molecule has 0 fully saturated rings. The molecule has 132 valence electrons. The molecule has 0 saturated carbocycles. The topological polar surface area (TPSA) is 60.7 Å². The van der Waals surface area contributed by atoms with Gasteiger partial charge >= 0.3 is 0 Å². The maximum Gasteiger partial charge on any atom is 0.297 e. The number of ether oxygens (including phenoxy) is 2. The second kappa shape index (κ2) is 8.62. The SMILES string of the molecule is CCCCCCCCOc1ccc2c(O)c(OC)c(=O)n(C)c2c1. The van der Waals surface area contributed by atoms with E-state index in [0.29, 0.717) is 23.3 Å². The third-order valence-corrected chi connectivity index (χ3v) is 4.27. The summed E-state index contributed by atoms with van der Waals surface area (Å²) in [5, 5.41) is 10.8. The summed E-state index contributed by atoms with van der Waals surface area (Å²) in [6.45, 7) is 2.87. The van der Waals surface area contributed by atoms with Crippen LogP contribution >= 0.6 is 0 Å². The molecule has 1 aromatic carbocycles. The number of rotatable bonds is 9. The Kier molecular flexibility index (Phi) is 6.53. The zero-order chi connectivity index (χ0) is 17.5. The molecule has 0 atom stereocenters. The highest BCUT2D eigenvalue weighted by Crippen LogP contribution is 2.32. The number of hydrogen-bond donors (Lipinski definition) is 1. The quantitative estimate of drug-likeness (QED) is 0.705. The summed E-state index contributed by atoms with van der Waals surface area (Å²) in [6, 6.07) is 5.35. The lowest BCUT2D eigenvalue weighted by molar-refractivity contribution is 0.304. The summed E-state index contributed by atoms with van der Waals surface area (Å²) in [6.07, 6.45) is 7.28. The average molecular weight is 333 g/mol. The number of nitrogens with zero attached hydrogens (tertiary/aromatic N) is 1. The number of unbranched alkanes of at least 4 members (excludes halogenated alkanes) is 5. The first kappa shape index (κ1) is 18.2. The summed E-state index contributed by atoms with van der Waals surface area (Å²) in [5.41, 5.74) is 0.259. The minimum Gasteiger partial charge on any atom is -0.504 e. The molecule has 1 heterocycles. The second-order valence-corrected chi connectivity index (χ2v) is 6.04. The van der Waals surface area contributed by atoms with Gasteiger partial charge in [0.2, 0.25) is 5.75 Å². The molecule has 5 nitrogen and oxygen atoms in total. The Labute approximate surface area is 142 Å². The van der Waals surface area contributed by atoms with Gasteiger partial charge in [0.1, 0.15) is 5.75 Å². The van der Waals surface area contributed by atoms with E-state index in [0.717, 1.165) is 6.42 Å². The maximum atomic E-state index is 12.2. The third kappa shape index (κ3) is 4.02. The van der Waals surface area contributed by atoms with Crippen LogP contribution in [0.15, 0.2) is 23.0 Å². The minimum absolute atomic E-state index is 0.0363. The first-order chi connectivity index (χ1) is 11.6. The molecule has 0 bridgehead atoms. The van der Waals surface area contributed by atoms with Gasteiger partial charge in [0.25, 0.3) is 5.56 Å². The highest BCUT2D eigenvalue weighted by molar-refractivity contribution is 5.88. The average Bonchev–Trinajstić information content (AvgIpc) is 2.59. The monoisotopic (exact) mass is 333 g/mol. The molecule has 1 N–H and O–H groups in total. The van der Waals surface area contributed by atoms with Crippen LogP contribution in [0.2, 0.25) is 0 Å². The molecule has 0 aliphatic carbocycles. The predicted octanol–water partition coefficient (Wildman–Crippen LogP) is 3.99. The van der Waals surface area contributed by atoms with Crippen molar-refractivity contribution in [3.8, 4) is 17.2 Å². The number of fused-ring (bicyclic) bond motifs is 1. The van der Waals surface area contributed by atoms with E-state index >= 15 is 0 Å². The predicted molar refractivity (Wildman–Crippen MR) is 96.3 cm³/mol. The lowest BCUT2D eigenvalue weighted by Gasteiger charge is -2.12. The molecule has 5 heteroatoms. The number of aromatic hydroxyl groups is 1. The Morgan fingerprint density at radius 3 is 2.54 bits per heavy atom. The van der Waals surface area contributed by atoms with Crippen LogP contribution in [0.5, 0.6) is 17.2 Å². The van der Waals surface area contributed by atoms with Crippen molar-refractivity contribution in [1.29, 1.82) is 0 Å². The normalized spacial score (nSPS) is 11.0. The smallest absolute Gasteiger partial charge is 0.297 e. The molecule has 0 radical (unpaired) electrons. The molecule has 0 aliphatic heterocycles. The van der Waals surface area contributed by atoms with Crippen molar-refractivity contribution < 1.29 is 14.6 Å². The molecular weight excluding hydrogens is 306 g/mol. The molecular formula is C19H27NO4. The van der Waals surface area contributed by atoms with E-state index in [1.807, 2.05) is 6.07 Å². The van der Waals surface area contributed by atoms with E-state index in [4.69, 9.17) is 9.47 Å². The standard InChI is InChI=1S/C19H27NO4/c1-4-5-6-7-8-9-12-24-14-10-11-15-16(13-14)20(2)19(22)18(23-3)17(15)21/h10-11,13,21H,4-9,12H2,1-3H3. The third-order valence-electron chi connectivity index (χ3n) is 4.27. The number of benzene rings is 1. The molecule has 0 saturated heterocycles. The lowest BCUT2D eigenvalue weighted by atomic mass is 10.1. The fourth-order valence-corrected chi connectivity index (χ4v) is 2.82. The van der Waals surface area contributed by atoms with Crippen molar-refractivity contribution in [2.24, 2.45) is 7.05 Å². The molecule has 2 rings (SSSR count). The van der Waals surface area contributed by atoms with E-state index < -0.39 is 0 Å². The van der Waals surface area contributed by atoms with E-state index in [1.165, 1.54) is 43.8 Å². The maximum absolute atomic E-state index is 12.2. The summed E-state index contributed by atoms with van der Waals surface area (Å²) in [5.74, 6) is 0.541. The van der Waals surface area contributed by atoms with E-state index in [-0.39, 0.29) is 17.1 Å². The van der Waals surface area contributed by atoms with Crippen molar-refractivity contribution in [3.05, 3.63) is 28.6 Å². The zero-order valence-electron chi connectivity index (χ0n) is 14.8. The summed E-state index contributed by atoms with van der Waals surface area (Å²) in [7, 11) is 3.03. The molecule has 24 heavy (non-hydrogen) atoms. The van der Waals surface area contributed by atoms with E-state index in [1.54, 1.807) is 19.2 Å². The first-order valence-corrected chi connectivity index (χ1v) is 8.62. The molecule has 0 aliphatic rings. The molecule has 0 spiro atoms. The van der Waals surface area contributed by atoms with Crippen LogP contribution in [0.3, 0.4) is 0 Å². The zero-order valence-corrected chi connectivity index (χ0v) is 14.8. The highest BCUT2D eigenvalue weighted by atomic mass is 16.5. The molecule has 2 aromatic rings. The van der Waals surface area contributed by atoms with Crippen LogP contribution in [-0.4, -0.2) is 23.4 Å².